The van der Waals surface area contributed by atoms with Crippen molar-refractivity contribution in [2.45, 2.75) is 24.6 Å². The molecule has 0 saturated carbocycles. The Bertz CT molecular complexity index is 1410. The van der Waals surface area contributed by atoms with E-state index in [0.29, 0.717) is 23.7 Å². The van der Waals surface area contributed by atoms with Crippen LogP contribution in [0.1, 0.15) is 11.1 Å². The maximum atomic E-state index is 13.8. The Morgan fingerprint density at radius 3 is 2.16 bits per heavy atom. The fourth-order valence-corrected chi connectivity index (χ4v) is 4.40. The van der Waals surface area contributed by atoms with Crippen molar-refractivity contribution in [3.8, 4) is 5.75 Å². The van der Waals surface area contributed by atoms with Crippen molar-refractivity contribution < 1.29 is 40.3 Å². The molecule has 0 aromatic heterocycles. The lowest BCUT2D eigenvalue weighted by atomic mass is 10.1. The van der Waals surface area contributed by atoms with Crippen molar-refractivity contribution in [2.75, 3.05) is 17.2 Å². The highest BCUT2D eigenvalue weighted by Gasteiger charge is 2.32. The summed E-state index contributed by atoms with van der Waals surface area (Å²) in [5, 5.41) is 7.23. The van der Waals surface area contributed by atoms with Crippen LogP contribution in [0.4, 0.5) is 38.5 Å². The van der Waals surface area contributed by atoms with Crippen LogP contribution in [0.15, 0.2) is 71.6 Å². The number of nitrogens with one attached hydrogen (secondary N) is 4. The minimum absolute atomic E-state index is 0.0000969. The molecule has 3 rings (SSSR count). The first kappa shape index (κ1) is 28.2. The molecule has 0 aliphatic heterocycles. The van der Waals surface area contributed by atoms with Crippen LogP contribution >= 0.6 is 0 Å². The van der Waals surface area contributed by atoms with Crippen molar-refractivity contribution in [3.05, 3.63) is 83.7 Å². The summed E-state index contributed by atoms with van der Waals surface area (Å²) < 4.78 is 80.6. The molecule has 0 bridgehead atoms. The number of alkyl halides is 3. The number of aryl methyl sites for hydroxylation is 1. The highest BCUT2D eigenvalue weighted by molar-refractivity contribution is 7.90. The zero-order valence-electron chi connectivity index (χ0n) is 19.7. The number of anilines is 2. The summed E-state index contributed by atoms with van der Waals surface area (Å²) in [7, 11) is -4.02. The number of ether oxygens (including phenoxy) is 1. The quantitative estimate of drug-likeness (QED) is 0.295. The van der Waals surface area contributed by atoms with Gasteiger partial charge in [-0.2, -0.15) is 0 Å². The molecule has 9 nitrogen and oxygen atoms in total. The van der Waals surface area contributed by atoms with E-state index in [4.69, 9.17) is 0 Å². The summed E-state index contributed by atoms with van der Waals surface area (Å²) in [6, 6.07) is 13.5. The fourth-order valence-electron chi connectivity index (χ4n) is 3.23. The topological polar surface area (TPSA) is 126 Å². The summed E-state index contributed by atoms with van der Waals surface area (Å²) in [4.78, 5) is 24.1. The molecule has 202 valence electrons. The third-order valence-electron chi connectivity index (χ3n) is 4.94. The van der Waals surface area contributed by atoms with E-state index in [0.717, 1.165) is 17.7 Å². The zero-order valence-corrected chi connectivity index (χ0v) is 20.5. The second kappa shape index (κ2) is 11.8. The number of urea groups is 2. The highest BCUT2D eigenvalue weighted by Crippen LogP contribution is 2.27. The summed E-state index contributed by atoms with van der Waals surface area (Å²) in [5.74, 6) is -2.33. The number of benzene rings is 3. The van der Waals surface area contributed by atoms with Gasteiger partial charge in [-0.3, -0.25) is 0 Å². The van der Waals surface area contributed by atoms with Crippen LogP contribution in [0.2, 0.25) is 0 Å². The summed E-state index contributed by atoms with van der Waals surface area (Å²) >= 11 is 0. The molecule has 4 N–H and O–H groups in total. The number of carbonyl (C=O) groups excluding carboxylic acids is 2. The Hall–Kier alpha value is -4.33. The number of rotatable bonds is 8. The van der Waals surface area contributed by atoms with Gasteiger partial charge in [0, 0.05) is 24.0 Å². The molecule has 3 aromatic carbocycles. The molecule has 0 spiro atoms. The average Bonchev–Trinajstić information content (AvgIpc) is 2.81. The third-order valence-corrected chi connectivity index (χ3v) is 6.43. The van der Waals surface area contributed by atoms with Gasteiger partial charge in [0.2, 0.25) is 0 Å². The molecular weight excluding hydrogens is 532 g/mol. The molecule has 4 amide bonds. The molecule has 0 unspecified atom stereocenters. The Kier molecular flexibility index (Phi) is 8.78. The maximum absolute atomic E-state index is 13.8. The molecule has 0 atom stereocenters. The van der Waals surface area contributed by atoms with Gasteiger partial charge >= 0.3 is 18.4 Å². The summed E-state index contributed by atoms with van der Waals surface area (Å²) in [6.07, 6.45) is -4.69. The van der Waals surface area contributed by atoms with Gasteiger partial charge in [-0.05, 0) is 54.8 Å². The predicted octanol–water partition coefficient (Wildman–Crippen LogP) is 4.91. The maximum Gasteiger partial charge on any atom is 0.573 e. The first-order valence-electron chi connectivity index (χ1n) is 10.9. The average molecular weight is 555 g/mol. The lowest BCUT2D eigenvalue weighted by Crippen LogP contribution is -2.40. The van der Waals surface area contributed by atoms with Gasteiger partial charge in [0.05, 0.1) is 4.90 Å². The zero-order chi connectivity index (χ0) is 27.9. The van der Waals surface area contributed by atoms with Gasteiger partial charge in [-0.25, -0.2) is 27.1 Å². The van der Waals surface area contributed by atoms with Gasteiger partial charge in [0.25, 0.3) is 10.0 Å². The number of hydrogen-bond donors (Lipinski definition) is 4. The smallest absolute Gasteiger partial charge is 0.403 e. The van der Waals surface area contributed by atoms with E-state index in [-0.39, 0.29) is 17.1 Å². The molecule has 38 heavy (non-hydrogen) atoms. The molecule has 0 fully saturated rings. The van der Waals surface area contributed by atoms with Crippen LogP contribution in [0.5, 0.6) is 5.75 Å². The van der Waals surface area contributed by atoms with Crippen molar-refractivity contribution in [3.63, 3.8) is 0 Å². The summed E-state index contributed by atoms with van der Waals surface area (Å²) in [5.41, 5.74) is 1.52. The lowest BCUT2D eigenvalue weighted by Gasteiger charge is -2.12. The molecule has 0 aliphatic carbocycles. The molecule has 0 aliphatic rings. The van der Waals surface area contributed by atoms with Crippen molar-refractivity contribution in [2.24, 2.45) is 0 Å². The molecule has 0 saturated heterocycles. The van der Waals surface area contributed by atoms with Gasteiger partial charge < -0.3 is 20.7 Å². The Morgan fingerprint density at radius 2 is 1.53 bits per heavy atom. The molecular formula is C24H22F4N4O5S. The monoisotopic (exact) mass is 554 g/mol. The van der Waals surface area contributed by atoms with Gasteiger partial charge in [-0.15, -0.1) is 13.2 Å². The van der Waals surface area contributed by atoms with E-state index < -0.39 is 40.0 Å². The van der Waals surface area contributed by atoms with Crippen LogP contribution in [0.3, 0.4) is 0 Å². The van der Waals surface area contributed by atoms with E-state index in [2.05, 4.69) is 20.7 Å². The molecule has 3 aromatic rings. The van der Waals surface area contributed by atoms with E-state index in [1.807, 2.05) is 4.72 Å². The summed E-state index contributed by atoms with van der Waals surface area (Å²) in [6.45, 7) is 1.74. The van der Waals surface area contributed by atoms with E-state index in [9.17, 15) is 35.6 Å². The number of hydrogen-bond acceptors (Lipinski definition) is 5. The third kappa shape index (κ3) is 8.37. The van der Waals surface area contributed by atoms with Crippen LogP contribution in [-0.4, -0.2) is 33.4 Å². The van der Waals surface area contributed by atoms with Crippen molar-refractivity contribution in [1.29, 1.82) is 0 Å². The SMILES string of the molecule is Cc1ccccc1S(=O)(=O)NC(=O)NCCc1ccc(NC(=O)Nc2ccc(OC(F)(F)F)c(F)c2)cc1. The predicted molar refractivity (Wildman–Crippen MR) is 131 cm³/mol. The van der Waals surface area contributed by atoms with Gasteiger partial charge in [0.15, 0.2) is 11.6 Å². The second-order valence-corrected chi connectivity index (χ2v) is 9.50. The van der Waals surface area contributed by atoms with Crippen LogP contribution < -0.4 is 25.4 Å². The number of carbonyl (C=O) groups is 2. The minimum atomic E-state index is -5.05. The number of halogens is 4. The van der Waals surface area contributed by atoms with Crippen molar-refractivity contribution >= 4 is 33.5 Å². The standard InChI is InChI=1S/C24H22F4N4O5S/c1-15-4-2-3-5-21(15)38(35,36)32-22(33)29-13-12-16-6-8-17(9-7-16)30-23(34)31-18-10-11-20(19(25)14-18)37-24(26,27)28/h2-11,14H,12-13H2,1H3,(H2,29,32,33)(H2,30,31,34). The first-order valence-corrected chi connectivity index (χ1v) is 12.4. The fraction of sp³-hybridized carbons (Fsp3) is 0.167. The molecule has 0 heterocycles. The van der Waals surface area contributed by atoms with E-state index in [1.54, 1.807) is 49.4 Å². The Balaban J connectivity index is 1.46. The van der Waals surface area contributed by atoms with Crippen molar-refractivity contribution in [1.82, 2.24) is 10.0 Å². The van der Waals surface area contributed by atoms with Crippen LogP contribution in [0.25, 0.3) is 0 Å². The minimum Gasteiger partial charge on any atom is -0.403 e. The van der Waals surface area contributed by atoms with E-state index >= 15 is 0 Å². The van der Waals surface area contributed by atoms with E-state index in [1.165, 1.54) is 6.07 Å². The highest BCUT2D eigenvalue weighted by atomic mass is 32.2. The number of sulfonamides is 1. The Morgan fingerprint density at radius 1 is 0.895 bits per heavy atom. The van der Waals surface area contributed by atoms with Gasteiger partial charge in [0.1, 0.15) is 0 Å². The normalized spacial score (nSPS) is 11.4. The van der Waals surface area contributed by atoms with Crippen LogP contribution in [-0.2, 0) is 16.4 Å². The molecule has 0 radical (unpaired) electrons. The lowest BCUT2D eigenvalue weighted by molar-refractivity contribution is -0.275. The largest absolute Gasteiger partial charge is 0.573 e. The number of amides is 4. The molecule has 14 heteroatoms. The second-order valence-electron chi connectivity index (χ2n) is 7.85. The first-order chi connectivity index (χ1) is 17.8. The van der Waals surface area contributed by atoms with Crippen LogP contribution in [0, 0.1) is 12.7 Å². The van der Waals surface area contributed by atoms with Gasteiger partial charge in [-0.1, -0.05) is 30.3 Å². The Labute approximate surface area is 215 Å².